The highest BCUT2D eigenvalue weighted by atomic mass is 32.2. The summed E-state index contributed by atoms with van der Waals surface area (Å²) in [6.07, 6.45) is 1.16. The van der Waals surface area contributed by atoms with Crippen molar-refractivity contribution in [2.24, 2.45) is 0 Å². The van der Waals surface area contributed by atoms with Gasteiger partial charge in [-0.3, -0.25) is 9.36 Å². The second kappa shape index (κ2) is 8.19. The maximum atomic E-state index is 12.0. The van der Waals surface area contributed by atoms with E-state index in [1.165, 1.54) is 16.3 Å². The topological polar surface area (TPSA) is 104 Å². The number of aromatic amines is 1. The summed E-state index contributed by atoms with van der Waals surface area (Å²) in [4.78, 5) is 23.5. The Morgan fingerprint density at radius 2 is 2.17 bits per heavy atom. The highest BCUT2D eigenvalue weighted by molar-refractivity contribution is 7.99. The van der Waals surface area contributed by atoms with Crippen LogP contribution >= 0.6 is 11.8 Å². The van der Waals surface area contributed by atoms with Gasteiger partial charge >= 0.3 is 5.69 Å². The minimum absolute atomic E-state index is 0.161. The van der Waals surface area contributed by atoms with Gasteiger partial charge in [-0.15, -0.1) is 5.10 Å². The fourth-order valence-corrected chi connectivity index (χ4v) is 2.73. The molecule has 0 saturated heterocycles. The zero-order valence-electron chi connectivity index (χ0n) is 12.7. The molecule has 0 aliphatic carbocycles. The third kappa shape index (κ3) is 4.72. The number of nitriles is 1. The van der Waals surface area contributed by atoms with Crippen molar-refractivity contribution in [3.05, 3.63) is 40.3 Å². The van der Waals surface area contributed by atoms with Crippen molar-refractivity contribution in [2.45, 2.75) is 31.5 Å². The average Bonchev–Trinajstić information content (AvgIpc) is 2.89. The number of aromatic nitrogens is 3. The van der Waals surface area contributed by atoms with Gasteiger partial charge in [0.15, 0.2) is 5.16 Å². The first-order valence-corrected chi connectivity index (χ1v) is 8.16. The Kier molecular flexibility index (Phi) is 6.00. The fourth-order valence-electron chi connectivity index (χ4n) is 1.96. The van der Waals surface area contributed by atoms with E-state index in [2.05, 4.69) is 21.6 Å². The maximum absolute atomic E-state index is 12.0. The number of thioether (sulfide) groups is 1. The number of carbonyl (C=O) groups excluding carboxylic acids is 1. The molecule has 0 fully saturated rings. The molecule has 0 aliphatic rings. The maximum Gasteiger partial charge on any atom is 0.343 e. The normalized spacial score (nSPS) is 10.3. The molecule has 7 nitrogen and oxygen atoms in total. The SMILES string of the molecule is CCCn1c(SCC(=O)Nc2ccc(CC#N)cc2)n[nH]c1=O. The van der Waals surface area contributed by atoms with Crippen molar-refractivity contribution in [3.8, 4) is 6.07 Å². The lowest BCUT2D eigenvalue weighted by Crippen LogP contribution is -2.18. The summed E-state index contributed by atoms with van der Waals surface area (Å²) < 4.78 is 1.52. The van der Waals surface area contributed by atoms with Crippen molar-refractivity contribution in [1.82, 2.24) is 14.8 Å². The Labute approximate surface area is 137 Å². The smallest absolute Gasteiger partial charge is 0.325 e. The molecule has 0 unspecified atom stereocenters. The highest BCUT2D eigenvalue weighted by Crippen LogP contribution is 2.15. The van der Waals surface area contributed by atoms with Crippen LogP contribution in [0.25, 0.3) is 0 Å². The van der Waals surface area contributed by atoms with Gasteiger partial charge in [-0.25, -0.2) is 9.89 Å². The molecule has 1 aromatic carbocycles. The van der Waals surface area contributed by atoms with Gasteiger partial charge in [0, 0.05) is 12.2 Å². The number of anilines is 1. The number of nitrogens with one attached hydrogen (secondary N) is 2. The number of H-pyrrole nitrogens is 1. The number of benzene rings is 1. The van der Waals surface area contributed by atoms with Crippen LogP contribution in [-0.2, 0) is 17.8 Å². The molecule has 1 heterocycles. The van der Waals surface area contributed by atoms with Gasteiger partial charge in [-0.1, -0.05) is 30.8 Å². The van der Waals surface area contributed by atoms with Crippen LogP contribution in [-0.4, -0.2) is 26.4 Å². The molecule has 8 heteroatoms. The standard InChI is InChI=1S/C15H17N5O2S/c1-2-9-20-14(22)18-19-15(20)23-10-13(21)17-12-5-3-11(4-6-12)7-8-16/h3-6H,2,7,9-10H2,1H3,(H,17,21)(H,18,22). The van der Waals surface area contributed by atoms with Crippen molar-refractivity contribution >= 4 is 23.4 Å². The van der Waals surface area contributed by atoms with E-state index in [-0.39, 0.29) is 17.3 Å². The Morgan fingerprint density at radius 1 is 1.43 bits per heavy atom. The molecule has 2 N–H and O–H groups in total. The van der Waals surface area contributed by atoms with Gasteiger partial charge < -0.3 is 5.32 Å². The predicted octanol–water partition coefficient (Wildman–Crippen LogP) is 1.78. The first-order chi connectivity index (χ1) is 11.1. The number of carbonyl (C=O) groups is 1. The van der Waals surface area contributed by atoms with Crippen LogP contribution in [0.1, 0.15) is 18.9 Å². The summed E-state index contributed by atoms with van der Waals surface area (Å²) in [7, 11) is 0. The third-order valence-corrected chi connectivity index (χ3v) is 4.00. The van der Waals surface area contributed by atoms with E-state index in [9.17, 15) is 9.59 Å². The van der Waals surface area contributed by atoms with E-state index < -0.39 is 0 Å². The van der Waals surface area contributed by atoms with E-state index in [1.54, 1.807) is 24.3 Å². The van der Waals surface area contributed by atoms with Gasteiger partial charge in [-0.2, -0.15) is 5.26 Å². The van der Waals surface area contributed by atoms with Crippen LogP contribution in [0.15, 0.2) is 34.2 Å². The largest absolute Gasteiger partial charge is 0.343 e. The number of nitrogens with zero attached hydrogens (tertiary/aromatic N) is 3. The van der Waals surface area contributed by atoms with E-state index in [0.29, 0.717) is 23.8 Å². The van der Waals surface area contributed by atoms with Gasteiger partial charge in [0.25, 0.3) is 0 Å². The van der Waals surface area contributed by atoms with Gasteiger partial charge in [-0.05, 0) is 24.1 Å². The van der Waals surface area contributed by atoms with Gasteiger partial charge in [0.05, 0.1) is 18.2 Å². The van der Waals surface area contributed by atoms with Gasteiger partial charge in [0.2, 0.25) is 5.91 Å². The summed E-state index contributed by atoms with van der Waals surface area (Å²) in [6, 6.07) is 9.20. The molecular formula is C15H17N5O2S. The van der Waals surface area contributed by atoms with Crippen LogP contribution in [0.5, 0.6) is 0 Å². The molecule has 0 radical (unpaired) electrons. The minimum Gasteiger partial charge on any atom is -0.325 e. The molecule has 120 valence electrons. The molecule has 2 rings (SSSR count). The van der Waals surface area contributed by atoms with Crippen LogP contribution in [0, 0.1) is 11.3 Å². The Morgan fingerprint density at radius 3 is 2.83 bits per heavy atom. The predicted molar refractivity (Wildman–Crippen MR) is 88.3 cm³/mol. The highest BCUT2D eigenvalue weighted by Gasteiger charge is 2.11. The summed E-state index contributed by atoms with van der Waals surface area (Å²) in [6.45, 7) is 2.54. The molecule has 0 bridgehead atoms. The first kappa shape index (κ1) is 16.8. The lowest BCUT2D eigenvalue weighted by molar-refractivity contribution is -0.113. The Hall–Kier alpha value is -2.53. The molecule has 2 aromatic rings. The van der Waals surface area contributed by atoms with Crippen molar-refractivity contribution in [2.75, 3.05) is 11.1 Å². The molecule has 1 aromatic heterocycles. The van der Waals surface area contributed by atoms with Crippen LogP contribution < -0.4 is 11.0 Å². The second-order valence-corrected chi connectivity index (χ2v) is 5.77. The first-order valence-electron chi connectivity index (χ1n) is 7.17. The molecule has 0 saturated carbocycles. The summed E-state index contributed by atoms with van der Waals surface area (Å²) in [5, 5.41) is 18.2. The summed E-state index contributed by atoms with van der Waals surface area (Å²) >= 11 is 1.21. The number of hydrogen-bond acceptors (Lipinski definition) is 5. The molecule has 0 aliphatic heterocycles. The van der Waals surface area contributed by atoms with Crippen molar-refractivity contribution in [3.63, 3.8) is 0 Å². The zero-order chi connectivity index (χ0) is 16.7. The van der Waals surface area contributed by atoms with Crippen LogP contribution in [0.2, 0.25) is 0 Å². The molecule has 23 heavy (non-hydrogen) atoms. The summed E-state index contributed by atoms with van der Waals surface area (Å²) in [5.41, 5.74) is 1.31. The minimum atomic E-state index is -0.261. The quantitative estimate of drug-likeness (QED) is 0.753. The van der Waals surface area contributed by atoms with E-state index in [4.69, 9.17) is 5.26 Å². The molecule has 1 amide bonds. The Balaban J connectivity index is 1.90. The summed E-state index contributed by atoms with van der Waals surface area (Å²) in [5.74, 6) is -0.0185. The molecule has 0 atom stereocenters. The lowest BCUT2D eigenvalue weighted by Gasteiger charge is -2.06. The van der Waals surface area contributed by atoms with E-state index in [1.807, 2.05) is 6.92 Å². The number of rotatable bonds is 7. The molecule has 0 spiro atoms. The van der Waals surface area contributed by atoms with Crippen molar-refractivity contribution in [1.29, 1.82) is 5.26 Å². The number of hydrogen-bond donors (Lipinski definition) is 2. The lowest BCUT2D eigenvalue weighted by atomic mass is 10.1. The monoisotopic (exact) mass is 331 g/mol. The Bertz CT molecular complexity index is 757. The fraction of sp³-hybridized carbons (Fsp3) is 0.333. The van der Waals surface area contributed by atoms with Crippen molar-refractivity contribution < 1.29 is 4.79 Å². The van der Waals surface area contributed by atoms with E-state index >= 15 is 0 Å². The van der Waals surface area contributed by atoms with E-state index in [0.717, 1.165) is 12.0 Å². The average molecular weight is 331 g/mol. The second-order valence-electron chi connectivity index (χ2n) is 4.83. The molecular weight excluding hydrogens is 314 g/mol. The zero-order valence-corrected chi connectivity index (χ0v) is 13.5. The van der Waals surface area contributed by atoms with Gasteiger partial charge in [0.1, 0.15) is 0 Å². The third-order valence-electron chi connectivity index (χ3n) is 3.02. The van der Waals surface area contributed by atoms with Crippen LogP contribution in [0.3, 0.4) is 0 Å². The van der Waals surface area contributed by atoms with Crippen LogP contribution in [0.4, 0.5) is 5.69 Å². The number of amides is 1.